The molecule has 2 aliphatic heterocycles. The van der Waals surface area contributed by atoms with Crippen molar-refractivity contribution < 1.29 is 8.78 Å². The first-order chi connectivity index (χ1) is 15.3. The Kier molecular flexibility index (Phi) is 6.83. The second kappa shape index (κ2) is 9.45. The number of hydrogen-bond acceptors (Lipinski definition) is 6. The zero-order chi connectivity index (χ0) is 22.9. The third kappa shape index (κ3) is 5.30. The van der Waals surface area contributed by atoms with E-state index >= 15 is 0 Å². The largest absolute Gasteiger partial charge is 0.403 e. The van der Waals surface area contributed by atoms with Crippen LogP contribution in [0.15, 0.2) is 39.0 Å². The normalized spacial score (nSPS) is 22.9. The van der Waals surface area contributed by atoms with Gasteiger partial charge in [-0.25, -0.2) is 8.78 Å². The smallest absolute Gasteiger partial charge is 0.272 e. The van der Waals surface area contributed by atoms with Crippen LogP contribution in [0.2, 0.25) is 5.02 Å². The number of benzene rings is 1. The Morgan fingerprint density at radius 2 is 1.88 bits per heavy atom. The number of aliphatic imine (C=N–C) groups is 3. The van der Waals surface area contributed by atoms with Crippen molar-refractivity contribution in [1.29, 1.82) is 0 Å². The van der Waals surface area contributed by atoms with Crippen LogP contribution in [-0.4, -0.2) is 67.2 Å². The van der Waals surface area contributed by atoms with Gasteiger partial charge < -0.3 is 10.6 Å². The molecule has 0 amide bonds. The van der Waals surface area contributed by atoms with E-state index in [4.69, 9.17) is 28.9 Å². The number of nitrogens with two attached hydrogens (primary N) is 1. The first-order valence-electron chi connectivity index (χ1n) is 10.7. The van der Waals surface area contributed by atoms with Gasteiger partial charge in [0.25, 0.3) is 5.92 Å². The number of alkyl halides is 2. The highest BCUT2D eigenvalue weighted by atomic mass is 35.5. The quantitative estimate of drug-likeness (QED) is 0.576. The van der Waals surface area contributed by atoms with E-state index in [-0.39, 0.29) is 30.3 Å². The number of nitrogens with zero attached hydrogens (tertiary/aromatic N) is 5. The van der Waals surface area contributed by atoms with Crippen LogP contribution in [0.4, 0.5) is 20.2 Å². The van der Waals surface area contributed by atoms with Crippen LogP contribution in [0.3, 0.4) is 0 Å². The molecule has 0 atom stereocenters. The molecule has 1 aliphatic carbocycles. The summed E-state index contributed by atoms with van der Waals surface area (Å²) in [6.45, 7) is 4.88. The lowest BCUT2D eigenvalue weighted by Crippen LogP contribution is -2.61. The van der Waals surface area contributed by atoms with Crippen molar-refractivity contribution in [2.75, 3.05) is 31.1 Å². The summed E-state index contributed by atoms with van der Waals surface area (Å²) in [6, 6.07) is 4.11. The summed E-state index contributed by atoms with van der Waals surface area (Å²) >= 11 is 12.8. The molecule has 3 aliphatic rings. The molecule has 0 unspecified atom stereocenters. The van der Waals surface area contributed by atoms with Crippen molar-refractivity contribution in [2.45, 2.75) is 43.7 Å². The number of allylic oxidation sites excluding steroid dienone is 1. The molecule has 2 N–H and O–H groups in total. The van der Waals surface area contributed by atoms with E-state index < -0.39 is 5.92 Å². The Labute approximate surface area is 196 Å². The van der Waals surface area contributed by atoms with Crippen LogP contribution in [-0.2, 0) is 0 Å². The maximum atomic E-state index is 13.2. The molecular formula is C22H26Cl2F2N6. The van der Waals surface area contributed by atoms with Crippen LogP contribution < -0.4 is 10.6 Å². The number of hydrogen-bond donors (Lipinski definition) is 1. The Morgan fingerprint density at radius 3 is 2.44 bits per heavy atom. The number of anilines is 1. The van der Waals surface area contributed by atoms with Crippen LogP contribution in [0.25, 0.3) is 0 Å². The monoisotopic (exact) mass is 482 g/mol. The second-order valence-corrected chi connectivity index (χ2v) is 9.23. The summed E-state index contributed by atoms with van der Waals surface area (Å²) in [5.41, 5.74) is 8.20. The number of rotatable bonds is 7. The zero-order valence-corrected chi connectivity index (χ0v) is 19.2. The third-order valence-electron chi connectivity index (χ3n) is 6.01. The molecule has 3 fully saturated rings. The minimum atomic E-state index is -2.53. The molecule has 2 saturated heterocycles. The average Bonchev–Trinajstić information content (AvgIpc) is 3.56. The summed E-state index contributed by atoms with van der Waals surface area (Å²) in [5, 5.41) is 0.841. The van der Waals surface area contributed by atoms with Gasteiger partial charge in [0.05, 0.1) is 35.5 Å². The third-order valence-corrected chi connectivity index (χ3v) is 6.61. The lowest BCUT2D eigenvalue weighted by Gasteiger charge is -2.47. The van der Waals surface area contributed by atoms with Crippen LogP contribution in [0.1, 0.15) is 31.2 Å². The molecule has 1 aromatic carbocycles. The molecule has 0 spiro atoms. The van der Waals surface area contributed by atoms with Gasteiger partial charge in [0.1, 0.15) is 5.70 Å². The van der Waals surface area contributed by atoms with Crippen LogP contribution in [0, 0.1) is 0 Å². The van der Waals surface area contributed by atoms with E-state index in [1.165, 1.54) is 6.20 Å². The Bertz CT molecular complexity index is 957. The predicted molar refractivity (Wildman–Crippen MR) is 129 cm³/mol. The van der Waals surface area contributed by atoms with Gasteiger partial charge in [0.15, 0.2) is 5.17 Å². The SMILES string of the molecule is C=Nc1cc(N2CCC(N3CC(F)(F)C3)CC2)c(Cl)cc1C=N/C(=C/N)C(Cl)=NC1CC1. The minimum absolute atomic E-state index is 0.133. The van der Waals surface area contributed by atoms with E-state index in [1.54, 1.807) is 12.3 Å². The van der Waals surface area contributed by atoms with E-state index in [1.807, 2.05) is 11.0 Å². The molecule has 172 valence electrons. The zero-order valence-electron chi connectivity index (χ0n) is 17.7. The molecule has 32 heavy (non-hydrogen) atoms. The average molecular weight is 483 g/mol. The Morgan fingerprint density at radius 1 is 1.19 bits per heavy atom. The van der Waals surface area contributed by atoms with E-state index in [2.05, 4.69) is 26.6 Å². The number of piperidine rings is 1. The fraction of sp³-hybridized carbons (Fsp3) is 0.500. The number of halogens is 4. The van der Waals surface area contributed by atoms with Crippen LogP contribution >= 0.6 is 23.2 Å². The van der Waals surface area contributed by atoms with Gasteiger partial charge in [0, 0.05) is 37.1 Å². The van der Waals surface area contributed by atoms with E-state index in [0.717, 1.165) is 44.5 Å². The van der Waals surface area contributed by atoms with Crippen molar-refractivity contribution in [2.24, 2.45) is 20.7 Å². The highest BCUT2D eigenvalue weighted by molar-refractivity contribution is 6.69. The van der Waals surface area contributed by atoms with Crippen molar-refractivity contribution in [3.63, 3.8) is 0 Å². The van der Waals surface area contributed by atoms with Gasteiger partial charge in [-0.1, -0.05) is 23.2 Å². The Hall–Kier alpha value is -2.03. The van der Waals surface area contributed by atoms with Crippen molar-refractivity contribution >= 4 is 52.7 Å². The van der Waals surface area contributed by atoms with Gasteiger partial charge in [-0.05, 0) is 44.5 Å². The molecule has 4 rings (SSSR count). The molecule has 10 heteroatoms. The lowest BCUT2D eigenvalue weighted by atomic mass is 9.97. The molecule has 0 radical (unpaired) electrons. The van der Waals surface area contributed by atoms with Gasteiger partial charge in [-0.2, -0.15) is 0 Å². The molecule has 6 nitrogen and oxygen atoms in total. The molecule has 1 saturated carbocycles. The van der Waals surface area contributed by atoms with Gasteiger partial charge in [-0.3, -0.25) is 19.9 Å². The highest BCUT2D eigenvalue weighted by Gasteiger charge is 2.46. The molecular weight excluding hydrogens is 457 g/mol. The van der Waals surface area contributed by atoms with Gasteiger partial charge >= 0.3 is 0 Å². The predicted octanol–water partition coefficient (Wildman–Crippen LogP) is 4.61. The van der Waals surface area contributed by atoms with Crippen LogP contribution in [0.5, 0.6) is 0 Å². The fourth-order valence-corrected chi connectivity index (χ4v) is 4.60. The van der Waals surface area contributed by atoms with Crippen molar-refractivity contribution in [1.82, 2.24) is 4.90 Å². The Balaban J connectivity index is 1.45. The standard InChI is InChI=1S/C22H26Cl2F2N6/c1-28-18-9-20(31-6-4-16(5-7-31)32-12-22(25,26)13-32)17(23)8-14(18)11-29-19(10-27)21(24)30-15-2-3-15/h8-11,15-16H,1-7,12-13,27H2/b19-10+,29-11?,30-21?. The van der Waals surface area contributed by atoms with E-state index in [9.17, 15) is 8.78 Å². The van der Waals surface area contributed by atoms with Crippen molar-refractivity contribution in [3.8, 4) is 0 Å². The summed E-state index contributed by atoms with van der Waals surface area (Å²) in [5.74, 6) is -2.53. The highest BCUT2D eigenvalue weighted by Crippen LogP contribution is 2.37. The second-order valence-electron chi connectivity index (χ2n) is 8.46. The summed E-state index contributed by atoms with van der Waals surface area (Å²) in [6.07, 6.45) is 6.60. The molecule has 1 aromatic rings. The maximum Gasteiger partial charge on any atom is 0.272 e. The van der Waals surface area contributed by atoms with Gasteiger partial charge in [0.2, 0.25) is 0 Å². The molecule has 2 heterocycles. The number of likely N-dealkylation sites (tertiary alicyclic amines) is 1. The lowest BCUT2D eigenvalue weighted by molar-refractivity contribution is -0.148. The minimum Gasteiger partial charge on any atom is -0.403 e. The maximum absolute atomic E-state index is 13.2. The molecule has 0 bridgehead atoms. The summed E-state index contributed by atoms with van der Waals surface area (Å²) in [4.78, 5) is 16.9. The summed E-state index contributed by atoms with van der Waals surface area (Å²) < 4.78 is 26.4. The molecule has 0 aromatic heterocycles. The fourth-order valence-electron chi connectivity index (χ4n) is 4.06. The topological polar surface area (TPSA) is 69.6 Å². The van der Waals surface area contributed by atoms with E-state index in [0.29, 0.717) is 22.0 Å². The van der Waals surface area contributed by atoms with Crippen molar-refractivity contribution in [3.05, 3.63) is 34.6 Å². The summed E-state index contributed by atoms with van der Waals surface area (Å²) in [7, 11) is 0. The van der Waals surface area contributed by atoms with Gasteiger partial charge in [-0.15, -0.1) is 0 Å². The first kappa shape index (κ1) is 23.1. The first-order valence-corrected chi connectivity index (χ1v) is 11.4.